The highest BCUT2D eigenvalue weighted by Gasteiger charge is 2.41. The third kappa shape index (κ3) is 8.79. The van der Waals surface area contributed by atoms with E-state index in [1.807, 2.05) is 0 Å². The number of carbonyl (C=O) groups is 4. The molecule has 3 amide bonds. The highest BCUT2D eigenvalue weighted by atomic mass is 16.6. The standard InChI is InChI=1S/C27H37N3O7/c1-6-18-11-13-19(14-12-18)23(24(33)28-16-15-22(32)36-7-2)30(20-9-8-10-20)25(34)21(17-31)29-26(35)37-27(3,4)5/h1,11-14,20-21,23,31H,7-10,15-17H2,2-5H3,(H,28,33)(H,29,35). The number of nitrogens with zero attached hydrogens (tertiary/aromatic N) is 1. The van der Waals surface area contributed by atoms with Gasteiger partial charge >= 0.3 is 12.1 Å². The van der Waals surface area contributed by atoms with E-state index >= 15 is 0 Å². The summed E-state index contributed by atoms with van der Waals surface area (Å²) in [6.07, 6.45) is 6.77. The third-order valence-corrected chi connectivity index (χ3v) is 5.75. The third-order valence-electron chi connectivity index (χ3n) is 5.75. The Bertz CT molecular complexity index is 991. The summed E-state index contributed by atoms with van der Waals surface area (Å²) >= 11 is 0. The van der Waals surface area contributed by atoms with E-state index in [1.54, 1.807) is 52.0 Å². The van der Waals surface area contributed by atoms with Crippen LogP contribution in [-0.4, -0.2) is 71.3 Å². The zero-order valence-corrected chi connectivity index (χ0v) is 21.9. The number of hydrogen-bond donors (Lipinski definition) is 3. The van der Waals surface area contributed by atoms with E-state index < -0.39 is 48.2 Å². The minimum absolute atomic E-state index is 0.0168. The Balaban J connectivity index is 2.37. The zero-order valence-electron chi connectivity index (χ0n) is 21.9. The smallest absolute Gasteiger partial charge is 0.408 e. The van der Waals surface area contributed by atoms with Gasteiger partial charge in [0.1, 0.15) is 17.7 Å². The second-order valence-corrected chi connectivity index (χ2v) is 9.73. The van der Waals surface area contributed by atoms with Crippen molar-refractivity contribution < 1.29 is 33.8 Å². The minimum Gasteiger partial charge on any atom is -0.466 e. The van der Waals surface area contributed by atoms with Crippen LogP contribution in [-0.2, 0) is 23.9 Å². The number of esters is 1. The molecule has 2 rings (SSSR count). The lowest BCUT2D eigenvalue weighted by Gasteiger charge is -2.43. The first-order valence-electron chi connectivity index (χ1n) is 12.4. The number of carbonyl (C=O) groups excluding carboxylic acids is 4. The van der Waals surface area contributed by atoms with Crippen LogP contribution in [0.2, 0.25) is 0 Å². The molecule has 1 fully saturated rings. The first-order chi connectivity index (χ1) is 17.5. The largest absolute Gasteiger partial charge is 0.466 e. The number of nitrogens with one attached hydrogen (secondary N) is 2. The number of aliphatic hydroxyl groups is 1. The summed E-state index contributed by atoms with van der Waals surface area (Å²) in [5, 5.41) is 15.1. The van der Waals surface area contributed by atoms with Gasteiger partial charge in [-0.1, -0.05) is 18.1 Å². The summed E-state index contributed by atoms with van der Waals surface area (Å²) in [5.41, 5.74) is 0.300. The Labute approximate surface area is 218 Å². The number of alkyl carbamates (subject to hydrolysis) is 1. The fraction of sp³-hybridized carbons (Fsp3) is 0.556. The van der Waals surface area contributed by atoms with E-state index in [-0.39, 0.29) is 25.6 Å². The number of terminal acetylenes is 1. The van der Waals surface area contributed by atoms with Gasteiger partial charge in [-0.3, -0.25) is 14.4 Å². The maximum absolute atomic E-state index is 13.7. The van der Waals surface area contributed by atoms with Crippen LogP contribution in [0.3, 0.4) is 0 Å². The summed E-state index contributed by atoms with van der Waals surface area (Å²) in [4.78, 5) is 52.7. The molecule has 0 heterocycles. The van der Waals surface area contributed by atoms with Crippen LogP contribution >= 0.6 is 0 Å². The Hall–Kier alpha value is -3.58. The molecule has 0 spiro atoms. The Kier molecular flexibility index (Phi) is 10.9. The van der Waals surface area contributed by atoms with Crippen molar-refractivity contribution in [1.29, 1.82) is 0 Å². The van der Waals surface area contributed by atoms with Gasteiger partial charge in [0.25, 0.3) is 0 Å². The molecule has 1 aliphatic carbocycles. The first kappa shape index (κ1) is 29.6. The predicted octanol–water partition coefficient (Wildman–Crippen LogP) is 2.05. The fourth-order valence-electron chi connectivity index (χ4n) is 3.82. The van der Waals surface area contributed by atoms with Gasteiger partial charge in [-0.15, -0.1) is 6.42 Å². The highest BCUT2D eigenvalue weighted by Crippen LogP contribution is 2.33. The van der Waals surface area contributed by atoms with E-state index in [9.17, 15) is 24.3 Å². The number of rotatable bonds is 11. The van der Waals surface area contributed by atoms with Crippen molar-refractivity contribution in [2.24, 2.45) is 0 Å². The topological polar surface area (TPSA) is 134 Å². The first-order valence-corrected chi connectivity index (χ1v) is 12.4. The molecule has 3 N–H and O–H groups in total. The van der Waals surface area contributed by atoms with Crippen molar-refractivity contribution in [3.8, 4) is 12.3 Å². The summed E-state index contributed by atoms with van der Waals surface area (Å²) < 4.78 is 10.1. The van der Waals surface area contributed by atoms with Crippen LogP contribution in [0.5, 0.6) is 0 Å². The summed E-state index contributed by atoms with van der Waals surface area (Å²) in [7, 11) is 0. The zero-order chi connectivity index (χ0) is 27.6. The molecule has 1 aromatic carbocycles. The lowest BCUT2D eigenvalue weighted by molar-refractivity contribution is -0.148. The Morgan fingerprint density at radius 1 is 1.19 bits per heavy atom. The van der Waals surface area contributed by atoms with Gasteiger partial charge in [-0.25, -0.2) is 4.79 Å². The van der Waals surface area contributed by atoms with E-state index in [1.165, 1.54) is 4.90 Å². The molecule has 202 valence electrons. The second kappa shape index (κ2) is 13.7. The normalized spacial score (nSPS) is 14.8. The fourth-order valence-corrected chi connectivity index (χ4v) is 3.82. The molecule has 10 heteroatoms. The van der Waals surface area contributed by atoms with Crippen molar-refractivity contribution >= 4 is 23.9 Å². The monoisotopic (exact) mass is 515 g/mol. The van der Waals surface area contributed by atoms with E-state index in [2.05, 4.69) is 16.6 Å². The van der Waals surface area contributed by atoms with E-state index in [0.29, 0.717) is 24.0 Å². The molecule has 1 saturated carbocycles. The van der Waals surface area contributed by atoms with Gasteiger partial charge in [0, 0.05) is 18.2 Å². The van der Waals surface area contributed by atoms with Crippen molar-refractivity contribution in [1.82, 2.24) is 15.5 Å². The van der Waals surface area contributed by atoms with Gasteiger partial charge in [0.2, 0.25) is 11.8 Å². The lowest BCUT2D eigenvalue weighted by atomic mass is 9.88. The molecular formula is C27H37N3O7. The van der Waals surface area contributed by atoms with Gasteiger partial charge < -0.3 is 30.1 Å². The van der Waals surface area contributed by atoms with E-state index in [4.69, 9.17) is 15.9 Å². The van der Waals surface area contributed by atoms with Crippen LogP contribution in [0.15, 0.2) is 24.3 Å². The maximum atomic E-state index is 13.7. The highest BCUT2D eigenvalue weighted by molar-refractivity contribution is 5.92. The maximum Gasteiger partial charge on any atom is 0.408 e. The molecule has 0 aliphatic heterocycles. The Morgan fingerprint density at radius 3 is 2.32 bits per heavy atom. The quantitative estimate of drug-likeness (QED) is 0.303. The summed E-state index contributed by atoms with van der Waals surface area (Å²) in [6, 6.07) is 3.98. The van der Waals surface area contributed by atoms with Crippen LogP contribution in [0.25, 0.3) is 0 Å². The van der Waals surface area contributed by atoms with Crippen LogP contribution in [0.4, 0.5) is 4.79 Å². The molecular weight excluding hydrogens is 478 g/mol. The molecule has 0 bridgehead atoms. The molecule has 1 aliphatic rings. The average molecular weight is 516 g/mol. The molecule has 37 heavy (non-hydrogen) atoms. The summed E-state index contributed by atoms with van der Waals surface area (Å²) in [5.74, 6) is 0.938. The van der Waals surface area contributed by atoms with Gasteiger partial charge in [0.15, 0.2) is 0 Å². The van der Waals surface area contributed by atoms with Gasteiger partial charge in [-0.2, -0.15) is 0 Å². The van der Waals surface area contributed by atoms with E-state index in [0.717, 1.165) is 6.42 Å². The summed E-state index contributed by atoms with van der Waals surface area (Å²) in [6.45, 7) is 6.29. The van der Waals surface area contributed by atoms with Crippen LogP contribution in [0, 0.1) is 12.3 Å². The molecule has 10 nitrogen and oxygen atoms in total. The van der Waals surface area contributed by atoms with Gasteiger partial charge in [0.05, 0.1) is 19.6 Å². The molecule has 2 unspecified atom stereocenters. The number of benzene rings is 1. The Morgan fingerprint density at radius 2 is 1.84 bits per heavy atom. The van der Waals surface area contributed by atoms with Crippen molar-refractivity contribution in [2.45, 2.75) is 77.1 Å². The number of ether oxygens (including phenoxy) is 2. The molecule has 0 saturated heterocycles. The molecule has 2 atom stereocenters. The number of hydrogen-bond acceptors (Lipinski definition) is 7. The molecule has 1 aromatic rings. The van der Waals surface area contributed by atoms with Crippen molar-refractivity contribution in [3.05, 3.63) is 35.4 Å². The second-order valence-electron chi connectivity index (χ2n) is 9.73. The average Bonchev–Trinajstić information content (AvgIpc) is 2.80. The molecule has 0 aromatic heterocycles. The molecule has 0 radical (unpaired) electrons. The SMILES string of the molecule is C#Cc1ccc(C(C(=O)NCCC(=O)OCC)N(C(=O)C(CO)NC(=O)OC(C)(C)C)C2CCC2)cc1. The lowest BCUT2D eigenvalue weighted by Crippen LogP contribution is -2.58. The number of aliphatic hydroxyl groups excluding tert-OH is 1. The van der Waals surface area contributed by atoms with Crippen LogP contribution in [0.1, 0.15) is 70.5 Å². The minimum atomic E-state index is -1.32. The predicted molar refractivity (Wildman–Crippen MR) is 136 cm³/mol. The number of amides is 3. The van der Waals surface area contributed by atoms with Crippen LogP contribution < -0.4 is 10.6 Å². The van der Waals surface area contributed by atoms with Gasteiger partial charge in [-0.05, 0) is 64.7 Å². The van der Waals surface area contributed by atoms with Crippen molar-refractivity contribution in [2.75, 3.05) is 19.8 Å². The van der Waals surface area contributed by atoms with Crippen molar-refractivity contribution in [3.63, 3.8) is 0 Å².